The van der Waals surface area contributed by atoms with Crippen LogP contribution in [-0.4, -0.2) is 27.5 Å². The highest BCUT2D eigenvalue weighted by Crippen LogP contribution is 2.30. The third kappa shape index (κ3) is 4.18. The molecule has 134 valence electrons. The number of hydrogen-bond donors (Lipinski definition) is 0. The van der Waals surface area contributed by atoms with Gasteiger partial charge < -0.3 is 14.2 Å². The van der Waals surface area contributed by atoms with Crippen LogP contribution in [0.15, 0.2) is 28.8 Å². The third-order valence-electron chi connectivity index (χ3n) is 4.44. The minimum Gasteiger partial charge on any atom is -0.484 e. The Balaban J connectivity index is 1.66. The molecule has 3 rings (SSSR count). The third-order valence-corrected chi connectivity index (χ3v) is 4.44. The van der Waals surface area contributed by atoms with Gasteiger partial charge in [-0.25, -0.2) is 0 Å². The molecule has 6 nitrogen and oxygen atoms in total. The second-order valence-corrected chi connectivity index (χ2v) is 6.85. The Morgan fingerprint density at radius 1 is 1.32 bits per heavy atom. The highest BCUT2D eigenvalue weighted by Gasteiger charge is 2.32. The zero-order valence-corrected chi connectivity index (χ0v) is 15.1. The van der Waals surface area contributed by atoms with Crippen LogP contribution in [0.2, 0.25) is 0 Å². The lowest BCUT2D eigenvalue weighted by molar-refractivity contribution is -0.138. The lowest BCUT2D eigenvalue weighted by Gasteiger charge is -2.34. The Labute approximate surface area is 148 Å². The maximum atomic E-state index is 12.4. The summed E-state index contributed by atoms with van der Waals surface area (Å²) in [5.41, 5.74) is 1.18. The maximum absolute atomic E-state index is 12.4. The Morgan fingerprint density at radius 2 is 2.08 bits per heavy atom. The molecule has 25 heavy (non-hydrogen) atoms. The quantitative estimate of drug-likeness (QED) is 0.828. The van der Waals surface area contributed by atoms with Gasteiger partial charge in [0.25, 0.3) is 5.89 Å². The predicted octanol–water partition coefficient (Wildman–Crippen LogP) is 3.67. The monoisotopic (exact) mass is 343 g/mol. The summed E-state index contributed by atoms with van der Waals surface area (Å²) in [4.78, 5) is 18.8. The van der Waals surface area contributed by atoms with Crippen LogP contribution >= 0.6 is 0 Å². The number of nitrogens with zero attached hydrogens (tertiary/aromatic N) is 3. The van der Waals surface area contributed by atoms with E-state index >= 15 is 0 Å². The summed E-state index contributed by atoms with van der Waals surface area (Å²) in [5.74, 6) is 1.89. The normalized spacial score (nSPS) is 17.8. The van der Waals surface area contributed by atoms with Gasteiger partial charge in [-0.3, -0.25) is 4.79 Å². The summed E-state index contributed by atoms with van der Waals surface area (Å²) in [6.07, 6.45) is 2.96. The maximum Gasteiger partial charge on any atom is 0.264 e. The van der Waals surface area contributed by atoms with E-state index in [2.05, 4.69) is 10.1 Å². The lowest BCUT2D eigenvalue weighted by atomic mass is 9.99. The van der Waals surface area contributed by atoms with Crippen molar-refractivity contribution < 1.29 is 14.1 Å². The van der Waals surface area contributed by atoms with Crippen LogP contribution in [0.3, 0.4) is 0 Å². The number of likely N-dealkylation sites (tertiary alicyclic amines) is 1. The fourth-order valence-electron chi connectivity index (χ4n) is 3.04. The molecule has 1 saturated heterocycles. The molecule has 1 unspecified atom stereocenters. The Morgan fingerprint density at radius 3 is 2.80 bits per heavy atom. The Bertz CT molecular complexity index is 709. The number of benzene rings is 1. The fourth-order valence-corrected chi connectivity index (χ4v) is 3.04. The summed E-state index contributed by atoms with van der Waals surface area (Å²) < 4.78 is 11.0. The molecular weight excluding hydrogens is 318 g/mol. The van der Waals surface area contributed by atoms with Gasteiger partial charge >= 0.3 is 0 Å². The molecule has 1 fully saturated rings. The van der Waals surface area contributed by atoms with E-state index in [4.69, 9.17) is 9.26 Å². The fraction of sp³-hybridized carbons (Fsp3) is 0.526. The Hall–Kier alpha value is -2.37. The van der Waals surface area contributed by atoms with Gasteiger partial charge in [0, 0.05) is 12.5 Å². The van der Waals surface area contributed by atoms with Crippen LogP contribution in [0.1, 0.15) is 56.4 Å². The van der Waals surface area contributed by atoms with Crippen molar-refractivity contribution >= 4 is 5.91 Å². The number of ether oxygens (including phenoxy) is 1. The van der Waals surface area contributed by atoms with E-state index in [9.17, 15) is 4.79 Å². The van der Waals surface area contributed by atoms with Crippen LogP contribution in [0, 0.1) is 12.8 Å². The topological polar surface area (TPSA) is 68.5 Å². The molecule has 0 saturated carbocycles. The van der Waals surface area contributed by atoms with Crippen LogP contribution in [-0.2, 0) is 11.4 Å². The van der Waals surface area contributed by atoms with Gasteiger partial charge in [-0.05, 0) is 38.3 Å². The molecule has 1 amide bonds. The zero-order chi connectivity index (χ0) is 17.8. The molecule has 0 radical (unpaired) electrons. The SMILES string of the molecule is Cc1ccc(OCc2nc(C3CCCCN3C(=O)C(C)C)no2)cc1. The molecular formula is C19H25N3O3. The highest BCUT2D eigenvalue weighted by molar-refractivity contribution is 5.78. The van der Waals surface area contributed by atoms with E-state index in [0.29, 0.717) is 11.7 Å². The number of aryl methyl sites for hydroxylation is 1. The molecule has 2 aromatic rings. The van der Waals surface area contributed by atoms with Crippen molar-refractivity contribution in [3.63, 3.8) is 0 Å². The van der Waals surface area contributed by atoms with E-state index in [1.165, 1.54) is 5.56 Å². The van der Waals surface area contributed by atoms with Crippen LogP contribution < -0.4 is 4.74 Å². The molecule has 1 aromatic carbocycles. The van der Waals surface area contributed by atoms with Gasteiger partial charge in [-0.15, -0.1) is 0 Å². The van der Waals surface area contributed by atoms with Gasteiger partial charge in [0.05, 0.1) is 6.04 Å². The number of rotatable bonds is 5. The predicted molar refractivity (Wildman–Crippen MR) is 93.0 cm³/mol. The minimum atomic E-state index is -0.0967. The number of aromatic nitrogens is 2. The van der Waals surface area contributed by atoms with Gasteiger partial charge in [0.1, 0.15) is 5.75 Å². The summed E-state index contributed by atoms with van der Waals surface area (Å²) in [6, 6.07) is 7.71. The minimum absolute atomic E-state index is 0.0307. The molecule has 0 aliphatic carbocycles. The first kappa shape index (κ1) is 17.5. The standard InChI is InChI=1S/C19H25N3O3/c1-13(2)19(23)22-11-5-4-6-16(22)18-20-17(25-21-18)12-24-15-9-7-14(3)8-10-15/h7-10,13,16H,4-6,11-12H2,1-3H3. The first-order chi connectivity index (χ1) is 12.0. The zero-order valence-electron chi connectivity index (χ0n) is 15.1. The van der Waals surface area contributed by atoms with Gasteiger partial charge in [-0.1, -0.05) is 36.7 Å². The largest absolute Gasteiger partial charge is 0.484 e. The lowest BCUT2D eigenvalue weighted by Crippen LogP contribution is -2.41. The van der Waals surface area contributed by atoms with E-state index in [1.54, 1.807) is 0 Å². The molecule has 0 spiro atoms. The average Bonchev–Trinajstić information content (AvgIpc) is 3.09. The molecule has 1 aliphatic heterocycles. The van der Waals surface area contributed by atoms with Crippen molar-refractivity contribution in [2.45, 2.75) is 52.7 Å². The van der Waals surface area contributed by atoms with Gasteiger partial charge in [0.2, 0.25) is 5.91 Å². The van der Waals surface area contributed by atoms with Crippen molar-refractivity contribution in [3.05, 3.63) is 41.5 Å². The second-order valence-electron chi connectivity index (χ2n) is 6.85. The molecule has 2 heterocycles. The molecule has 0 N–H and O–H groups in total. The van der Waals surface area contributed by atoms with Crippen molar-refractivity contribution in [3.8, 4) is 5.75 Å². The van der Waals surface area contributed by atoms with Crippen molar-refractivity contribution in [1.29, 1.82) is 0 Å². The summed E-state index contributed by atoms with van der Waals surface area (Å²) in [5, 5.41) is 4.10. The molecule has 1 aliphatic rings. The summed E-state index contributed by atoms with van der Waals surface area (Å²) in [7, 11) is 0. The van der Waals surface area contributed by atoms with Crippen molar-refractivity contribution in [2.24, 2.45) is 5.92 Å². The van der Waals surface area contributed by atoms with E-state index in [-0.39, 0.29) is 24.5 Å². The van der Waals surface area contributed by atoms with Crippen LogP contribution in [0.5, 0.6) is 5.75 Å². The van der Waals surface area contributed by atoms with Crippen molar-refractivity contribution in [2.75, 3.05) is 6.54 Å². The number of carbonyl (C=O) groups excluding carboxylic acids is 1. The second kappa shape index (κ2) is 7.68. The smallest absolute Gasteiger partial charge is 0.264 e. The van der Waals surface area contributed by atoms with E-state index in [1.807, 2.05) is 49.9 Å². The average molecular weight is 343 g/mol. The van der Waals surface area contributed by atoms with E-state index < -0.39 is 0 Å². The molecule has 1 aromatic heterocycles. The number of hydrogen-bond acceptors (Lipinski definition) is 5. The molecule has 0 bridgehead atoms. The van der Waals surface area contributed by atoms with E-state index in [0.717, 1.165) is 31.6 Å². The molecule has 1 atom stereocenters. The van der Waals surface area contributed by atoms with Crippen LogP contribution in [0.25, 0.3) is 0 Å². The summed E-state index contributed by atoms with van der Waals surface area (Å²) in [6.45, 7) is 6.85. The number of amides is 1. The summed E-state index contributed by atoms with van der Waals surface area (Å²) >= 11 is 0. The van der Waals surface area contributed by atoms with Gasteiger partial charge in [-0.2, -0.15) is 4.98 Å². The first-order valence-electron chi connectivity index (χ1n) is 8.87. The van der Waals surface area contributed by atoms with Crippen molar-refractivity contribution in [1.82, 2.24) is 15.0 Å². The van der Waals surface area contributed by atoms with Crippen LogP contribution in [0.4, 0.5) is 0 Å². The van der Waals surface area contributed by atoms with Gasteiger partial charge in [0.15, 0.2) is 12.4 Å². The Kier molecular flexibility index (Phi) is 5.36. The highest BCUT2D eigenvalue weighted by atomic mass is 16.5. The molecule has 6 heteroatoms. The number of piperidine rings is 1. The number of carbonyl (C=O) groups is 1. The first-order valence-corrected chi connectivity index (χ1v) is 8.87.